The Balaban J connectivity index is 1.73. The Morgan fingerprint density at radius 2 is 2.12 bits per heavy atom. The van der Waals surface area contributed by atoms with E-state index >= 15 is 0 Å². The number of nitrogens with zero attached hydrogens (tertiary/aromatic N) is 4. The van der Waals surface area contributed by atoms with Crippen LogP contribution in [0.25, 0.3) is 22.0 Å². The van der Waals surface area contributed by atoms with E-state index in [1.54, 1.807) is 15.5 Å². The molecule has 0 aliphatic carbocycles. The van der Waals surface area contributed by atoms with Crippen LogP contribution in [-0.4, -0.2) is 56.9 Å². The molecular formula is C24H22ClFN4O3S. The van der Waals surface area contributed by atoms with E-state index < -0.39 is 11.5 Å². The molecule has 10 heteroatoms. The van der Waals surface area contributed by atoms with Gasteiger partial charge in [0.2, 0.25) is 5.91 Å². The molecule has 1 aromatic heterocycles. The highest BCUT2D eigenvalue weighted by Gasteiger charge is 2.31. The van der Waals surface area contributed by atoms with Gasteiger partial charge in [-0.2, -0.15) is 4.98 Å². The third-order valence-corrected chi connectivity index (χ3v) is 7.71. The van der Waals surface area contributed by atoms with Crippen LogP contribution in [0.15, 0.2) is 46.6 Å². The van der Waals surface area contributed by atoms with E-state index in [0.717, 1.165) is 0 Å². The molecule has 7 nitrogen and oxygen atoms in total. The zero-order valence-electron chi connectivity index (χ0n) is 18.4. The van der Waals surface area contributed by atoms with Crippen LogP contribution in [0.3, 0.4) is 0 Å². The van der Waals surface area contributed by atoms with Crippen LogP contribution < -0.4 is 10.6 Å². The SMILES string of the molecule is C=CC(=O)N1CCN(c2nc(=O)n3c4c(c(-c5c(O)cccc5F)c(Cl)cc24)SCC3)[C@@H](C)C1. The molecule has 34 heavy (non-hydrogen) atoms. The lowest BCUT2D eigenvalue weighted by atomic mass is 10.0. The molecule has 0 radical (unpaired) electrons. The highest BCUT2D eigenvalue weighted by Crippen LogP contribution is 2.48. The second-order valence-electron chi connectivity index (χ2n) is 8.34. The van der Waals surface area contributed by atoms with Gasteiger partial charge in [0.1, 0.15) is 17.4 Å². The third kappa shape index (κ3) is 3.54. The summed E-state index contributed by atoms with van der Waals surface area (Å²) in [5.41, 5.74) is 0.618. The maximum Gasteiger partial charge on any atom is 0.350 e. The van der Waals surface area contributed by atoms with Gasteiger partial charge in [0, 0.05) is 53.8 Å². The number of hydrogen-bond acceptors (Lipinski definition) is 6. The van der Waals surface area contributed by atoms with Gasteiger partial charge in [0.25, 0.3) is 0 Å². The summed E-state index contributed by atoms with van der Waals surface area (Å²) in [6.07, 6.45) is 1.30. The Morgan fingerprint density at radius 3 is 2.82 bits per heavy atom. The third-order valence-electron chi connectivity index (χ3n) is 6.34. The largest absolute Gasteiger partial charge is 0.507 e. The lowest BCUT2D eigenvalue weighted by molar-refractivity contribution is -0.126. The van der Waals surface area contributed by atoms with Gasteiger partial charge in [0.05, 0.1) is 16.1 Å². The van der Waals surface area contributed by atoms with E-state index in [0.29, 0.717) is 59.1 Å². The van der Waals surface area contributed by atoms with Crippen LogP contribution in [0.2, 0.25) is 5.02 Å². The molecular weight excluding hydrogens is 479 g/mol. The Hall–Kier alpha value is -3.04. The van der Waals surface area contributed by atoms with Gasteiger partial charge in [-0.15, -0.1) is 11.8 Å². The zero-order chi connectivity index (χ0) is 24.1. The summed E-state index contributed by atoms with van der Waals surface area (Å²) in [5.74, 6) is 0.131. The number of aromatic hydroxyl groups is 1. The Labute approximate surface area is 204 Å². The van der Waals surface area contributed by atoms with Crippen molar-refractivity contribution < 1.29 is 14.3 Å². The van der Waals surface area contributed by atoms with E-state index in [1.165, 1.54) is 36.0 Å². The lowest BCUT2D eigenvalue weighted by Gasteiger charge is -2.40. The van der Waals surface area contributed by atoms with E-state index in [9.17, 15) is 19.1 Å². The van der Waals surface area contributed by atoms with Gasteiger partial charge in [-0.05, 0) is 31.2 Å². The van der Waals surface area contributed by atoms with E-state index in [2.05, 4.69) is 11.6 Å². The molecule has 176 valence electrons. The van der Waals surface area contributed by atoms with Crippen LogP contribution in [-0.2, 0) is 11.3 Å². The maximum absolute atomic E-state index is 14.8. The molecule has 3 aromatic rings. The highest BCUT2D eigenvalue weighted by molar-refractivity contribution is 7.99. The zero-order valence-corrected chi connectivity index (χ0v) is 20.0. The number of phenols is 1. The van der Waals surface area contributed by atoms with Gasteiger partial charge < -0.3 is 14.9 Å². The van der Waals surface area contributed by atoms with Gasteiger partial charge in [0.15, 0.2) is 0 Å². The number of carbonyl (C=O) groups excluding carboxylic acids is 1. The number of aryl methyl sites for hydroxylation is 1. The number of halogens is 2. The molecule has 1 atom stereocenters. The number of amides is 1. The number of thioether (sulfide) groups is 1. The van der Waals surface area contributed by atoms with Crippen molar-refractivity contribution in [3.63, 3.8) is 0 Å². The summed E-state index contributed by atoms with van der Waals surface area (Å²) in [5, 5.41) is 11.4. The van der Waals surface area contributed by atoms with Crippen molar-refractivity contribution in [3.8, 4) is 16.9 Å². The summed E-state index contributed by atoms with van der Waals surface area (Å²) in [7, 11) is 0. The minimum Gasteiger partial charge on any atom is -0.507 e. The number of piperazine rings is 1. The molecule has 1 fully saturated rings. The number of carbonyl (C=O) groups is 1. The Bertz CT molecular complexity index is 1390. The summed E-state index contributed by atoms with van der Waals surface area (Å²) in [4.78, 5) is 33.9. The number of aromatic nitrogens is 2. The second kappa shape index (κ2) is 8.63. The molecule has 0 saturated carbocycles. The van der Waals surface area contributed by atoms with Crippen LogP contribution in [0.5, 0.6) is 5.75 Å². The number of phenolic OH excluding ortho intramolecular Hbond substituents is 1. The molecule has 1 saturated heterocycles. The molecule has 1 amide bonds. The van der Waals surface area contributed by atoms with Crippen LogP contribution in [0.1, 0.15) is 6.92 Å². The van der Waals surface area contributed by atoms with Crippen molar-refractivity contribution >= 4 is 46.0 Å². The van der Waals surface area contributed by atoms with Gasteiger partial charge in [-0.1, -0.05) is 24.2 Å². The van der Waals surface area contributed by atoms with Crippen molar-refractivity contribution in [1.82, 2.24) is 14.5 Å². The normalized spacial score (nSPS) is 17.8. The van der Waals surface area contributed by atoms with Crippen LogP contribution in [0.4, 0.5) is 10.2 Å². The average molecular weight is 501 g/mol. The van der Waals surface area contributed by atoms with Crippen molar-refractivity contribution in [2.24, 2.45) is 0 Å². The molecule has 2 aliphatic rings. The molecule has 2 aliphatic heterocycles. The summed E-state index contributed by atoms with van der Waals surface area (Å²) in [6.45, 7) is 7.41. The topological polar surface area (TPSA) is 78.7 Å². The smallest absolute Gasteiger partial charge is 0.350 e. The van der Waals surface area contributed by atoms with E-state index in [1.807, 2.05) is 11.8 Å². The first-order valence-electron chi connectivity index (χ1n) is 10.9. The van der Waals surface area contributed by atoms with Crippen LogP contribution in [0, 0.1) is 5.82 Å². The van der Waals surface area contributed by atoms with Crippen molar-refractivity contribution in [3.05, 3.63) is 58.2 Å². The summed E-state index contributed by atoms with van der Waals surface area (Å²) < 4.78 is 16.4. The summed E-state index contributed by atoms with van der Waals surface area (Å²) >= 11 is 8.20. The van der Waals surface area contributed by atoms with Gasteiger partial charge in [-0.3, -0.25) is 9.36 Å². The minimum atomic E-state index is -0.594. The maximum atomic E-state index is 14.8. The number of benzene rings is 2. The fourth-order valence-electron chi connectivity index (χ4n) is 4.76. The summed E-state index contributed by atoms with van der Waals surface area (Å²) in [6, 6.07) is 5.71. The van der Waals surface area contributed by atoms with Crippen molar-refractivity contribution in [1.29, 1.82) is 0 Å². The quantitative estimate of drug-likeness (QED) is 0.550. The van der Waals surface area contributed by atoms with E-state index in [-0.39, 0.29) is 28.3 Å². The monoisotopic (exact) mass is 500 g/mol. The van der Waals surface area contributed by atoms with Gasteiger partial charge >= 0.3 is 5.69 Å². The average Bonchev–Trinajstić information content (AvgIpc) is 2.82. The van der Waals surface area contributed by atoms with E-state index in [4.69, 9.17) is 11.6 Å². The molecule has 5 rings (SSSR count). The molecule has 0 unspecified atom stereocenters. The first-order valence-corrected chi connectivity index (χ1v) is 12.2. The molecule has 0 bridgehead atoms. The Morgan fingerprint density at radius 1 is 1.32 bits per heavy atom. The standard InChI is InChI=1S/C24H22ClFN4O3S/c1-3-18(32)28-7-8-29(13(2)12-28)23-14-11-15(25)19(20-16(26)5-4-6-17(20)31)22-21(14)30(9-10-34-22)24(33)27-23/h3-6,11,13,31H,1,7-10,12H2,2H3/t13-/m0/s1. The first-order chi connectivity index (χ1) is 16.3. The highest BCUT2D eigenvalue weighted by atomic mass is 35.5. The number of rotatable bonds is 3. The molecule has 2 aromatic carbocycles. The van der Waals surface area contributed by atoms with Crippen molar-refractivity contribution in [2.75, 3.05) is 30.3 Å². The fraction of sp³-hybridized carbons (Fsp3) is 0.292. The molecule has 1 N–H and O–H groups in total. The number of anilines is 1. The Kier molecular flexibility index (Phi) is 5.77. The number of hydrogen-bond donors (Lipinski definition) is 1. The van der Waals surface area contributed by atoms with Crippen molar-refractivity contribution in [2.45, 2.75) is 24.4 Å². The lowest BCUT2D eigenvalue weighted by Crippen LogP contribution is -2.54. The molecule has 3 heterocycles. The predicted octanol–water partition coefficient (Wildman–Crippen LogP) is 3.89. The molecule has 0 spiro atoms. The fourth-order valence-corrected chi connectivity index (χ4v) is 6.31. The first kappa shape index (κ1) is 22.7. The second-order valence-corrected chi connectivity index (χ2v) is 9.85. The predicted molar refractivity (Wildman–Crippen MR) is 132 cm³/mol. The minimum absolute atomic E-state index is 0.0149. The van der Waals surface area contributed by atoms with Gasteiger partial charge in [-0.25, -0.2) is 9.18 Å². The van der Waals surface area contributed by atoms with Crippen LogP contribution >= 0.6 is 23.4 Å².